The molecule has 0 spiro atoms. The number of ether oxygens (including phenoxy) is 2. The molecule has 1 aliphatic heterocycles. The summed E-state index contributed by atoms with van der Waals surface area (Å²) in [5.41, 5.74) is -0.0264. The summed E-state index contributed by atoms with van der Waals surface area (Å²) in [5.74, 6) is -2.04. The lowest BCUT2D eigenvalue weighted by Crippen LogP contribution is -2.57. The zero-order valence-electron chi connectivity index (χ0n) is 17.4. The van der Waals surface area contributed by atoms with Crippen LogP contribution in [-0.4, -0.2) is 48.4 Å². The van der Waals surface area contributed by atoms with E-state index in [1.807, 2.05) is 48.5 Å². The van der Waals surface area contributed by atoms with Crippen molar-refractivity contribution in [1.29, 1.82) is 0 Å². The second-order valence-corrected chi connectivity index (χ2v) is 6.94. The Balaban J connectivity index is 2.20. The molecular weight excluding hydrogens is 382 g/mol. The van der Waals surface area contributed by atoms with E-state index in [1.54, 1.807) is 37.9 Å². The van der Waals surface area contributed by atoms with E-state index in [1.165, 1.54) is 0 Å². The standard InChI is InChI=1S/C24H25NO5/c1-4-29-22(27)19-20(18-14-10-7-11-15-18)25(3)24(21(19)26,23(28)30-5-2)16-17-12-8-6-9-13-17/h6-15H,4-5,16H2,1-3H3. The summed E-state index contributed by atoms with van der Waals surface area (Å²) in [6, 6.07) is 18.3. The topological polar surface area (TPSA) is 72.9 Å². The Bertz CT molecular complexity index is 968. The SMILES string of the molecule is CCOC(=O)C1=C(c2ccccc2)N(C)C(Cc2ccccc2)(C(=O)OCC)C1=O. The second-order valence-electron chi connectivity index (χ2n) is 6.94. The number of hydrogen-bond donors (Lipinski definition) is 0. The van der Waals surface area contributed by atoms with Crippen molar-refractivity contribution in [3.05, 3.63) is 77.4 Å². The highest BCUT2D eigenvalue weighted by Gasteiger charge is 2.59. The third-order valence-electron chi connectivity index (χ3n) is 5.19. The number of benzene rings is 2. The van der Waals surface area contributed by atoms with Gasteiger partial charge in [0.05, 0.1) is 18.9 Å². The van der Waals surface area contributed by atoms with Gasteiger partial charge in [0.1, 0.15) is 5.57 Å². The Hall–Kier alpha value is -3.41. The van der Waals surface area contributed by atoms with Crippen molar-refractivity contribution in [3.63, 3.8) is 0 Å². The first-order valence-electron chi connectivity index (χ1n) is 9.94. The van der Waals surface area contributed by atoms with E-state index in [2.05, 4.69) is 0 Å². The molecule has 156 valence electrons. The van der Waals surface area contributed by atoms with Crippen molar-refractivity contribution in [1.82, 2.24) is 4.90 Å². The van der Waals surface area contributed by atoms with Gasteiger partial charge in [-0.15, -0.1) is 0 Å². The fourth-order valence-corrected chi connectivity index (χ4v) is 3.79. The van der Waals surface area contributed by atoms with Crippen molar-refractivity contribution in [3.8, 4) is 0 Å². The molecule has 0 radical (unpaired) electrons. The van der Waals surface area contributed by atoms with Crippen LogP contribution in [0.4, 0.5) is 0 Å². The number of Topliss-reactive ketones (excluding diaryl/α,β-unsaturated/α-hetero) is 1. The molecule has 0 aliphatic carbocycles. The normalized spacial score (nSPS) is 18.5. The summed E-state index contributed by atoms with van der Waals surface area (Å²) >= 11 is 0. The van der Waals surface area contributed by atoms with Gasteiger partial charge in [0.15, 0.2) is 0 Å². The first-order chi connectivity index (χ1) is 14.5. The Kier molecular flexibility index (Phi) is 6.35. The molecule has 2 aromatic rings. The van der Waals surface area contributed by atoms with Gasteiger partial charge < -0.3 is 14.4 Å². The van der Waals surface area contributed by atoms with E-state index in [-0.39, 0.29) is 25.2 Å². The van der Waals surface area contributed by atoms with Gasteiger partial charge in [0.2, 0.25) is 11.3 Å². The fraction of sp³-hybridized carbons (Fsp3) is 0.292. The van der Waals surface area contributed by atoms with E-state index < -0.39 is 23.3 Å². The molecule has 1 aliphatic rings. The van der Waals surface area contributed by atoms with Crippen LogP contribution in [0.3, 0.4) is 0 Å². The molecule has 0 saturated carbocycles. The summed E-state index contributed by atoms with van der Waals surface area (Å²) in [6.07, 6.45) is 0.0707. The lowest BCUT2D eigenvalue weighted by Gasteiger charge is -2.35. The van der Waals surface area contributed by atoms with Gasteiger partial charge in [-0.05, 0) is 25.0 Å². The Morgan fingerprint density at radius 3 is 2.03 bits per heavy atom. The molecule has 0 amide bonds. The van der Waals surface area contributed by atoms with Crippen molar-refractivity contribution in [2.45, 2.75) is 25.8 Å². The predicted octanol–water partition coefficient (Wildman–Crippen LogP) is 3.02. The van der Waals surface area contributed by atoms with E-state index in [4.69, 9.17) is 9.47 Å². The Morgan fingerprint density at radius 1 is 0.900 bits per heavy atom. The minimum absolute atomic E-state index is 0.0707. The van der Waals surface area contributed by atoms with Crippen LogP contribution in [0.5, 0.6) is 0 Å². The van der Waals surface area contributed by atoms with Gasteiger partial charge in [-0.3, -0.25) is 4.79 Å². The molecule has 1 unspecified atom stereocenters. The third-order valence-corrected chi connectivity index (χ3v) is 5.19. The summed E-state index contributed by atoms with van der Waals surface area (Å²) in [5, 5.41) is 0. The van der Waals surface area contributed by atoms with Gasteiger partial charge in [0.25, 0.3) is 0 Å². The van der Waals surface area contributed by atoms with Crippen molar-refractivity contribution in [2.75, 3.05) is 20.3 Å². The molecular formula is C24H25NO5. The Morgan fingerprint density at radius 2 is 1.47 bits per heavy atom. The average molecular weight is 407 g/mol. The second kappa shape index (κ2) is 8.95. The van der Waals surface area contributed by atoms with Crippen LogP contribution in [-0.2, 0) is 30.3 Å². The maximum Gasteiger partial charge on any atom is 0.344 e. The molecule has 0 saturated heterocycles. The zero-order chi connectivity index (χ0) is 21.7. The molecule has 3 rings (SSSR count). The van der Waals surface area contributed by atoms with Gasteiger partial charge in [-0.2, -0.15) is 0 Å². The largest absolute Gasteiger partial charge is 0.464 e. The van der Waals surface area contributed by atoms with E-state index in [0.29, 0.717) is 11.3 Å². The zero-order valence-corrected chi connectivity index (χ0v) is 17.4. The Labute approximate surface area is 176 Å². The van der Waals surface area contributed by atoms with Crippen LogP contribution in [0.15, 0.2) is 66.2 Å². The smallest absolute Gasteiger partial charge is 0.344 e. The highest BCUT2D eigenvalue weighted by Crippen LogP contribution is 2.42. The molecule has 0 N–H and O–H groups in total. The number of rotatable bonds is 7. The first-order valence-corrected chi connectivity index (χ1v) is 9.94. The van der Waals surface area contributed by atoms with E-state index in [0.717, 1.165) is 5.56 Å². The number of carbonyl (C=O) groups is 3. The van der Waals surface area contributed by atoms with Gasteiger partial charge in [-0.25, -0.2) is 9.59 Å². The van der Waals surface area contributed by atoms with Crippen molar-refractivity contribution < 1.29 is 23.9 Å². The van der Waals surface area contributed by atoms with Crippen LogP contribution >= 0.6 is 0 Å². The third kappa shape index (κ3) is 3.61. The molecule has 6 heteroatoms. The van der Waals surface area contributed by atoms with Crippen molar-refractivity contribution >= 4 is 23.4 Å². The number of nitrogens with zero attached hydrogens (tertiary/aromatic N) is 1. The van der Waals surface area contributed by atoms with Gasteiger partial charge >= 0.3 is 11.9 Å². The molecule has 1 atom stereocenters. The average Bonchev–Trinajstić information content (AvgIpc) is 2.98. The van der Waals surface area contributed by atoms with Crippen LogP contribution in [0.1, 0.15) is 25.0 Å². The monoisotopic (exact) mass is 407 g/mol. The molecule has 0 aromatic heterocycles. The fourth-order valence-electron chi connectivity index (χ4n) is 3.79. The molecule has 6 nitrogen and oxygen atoms in total. The summed E-state index contributed by atoms with van der Waals surface area (Å²) in [6.45, 7) is 3.59. The molecule has 1 heterocycles. The lowest BCUT2D eigenvalue weighted by atomic mass is 9.85. The number of esters is 2. The maximum absolute atomic E-state index is 13.8. The predicted molar refractivity (Wildman–Crippen MR) is 112 cm³/mol. The summed E-state index contributed by atoms with van der Waals surface area (Å²) in [4.78, 5) is 41.4. The number of hydrogen-bond acceptors (Lipinski definition) is 6. The maximum atomic E-state index is 13.8. The minimum Gasteiger partial charge on any atom is -0.464 e. The number of carbonyl (C=O) groups excluding carboxylic acids is 3. The van der Waals surface area contributed by atoms with Crippen LogP contribution in [0, 0.1) is 0 Å². The first kappa shape index (κ1) is 21.3. The number of ketones is 1. The van der Waals surface area contributed by atoms with Crippen LogP contribution < -0.4 is 0 Å². The number of likely N-dealkylation sites (N-methyl/N-ethyl adjacent to an activating group) is 1. The molecule has 0 fully saturated rings. The van der Waals surface area contributed by atoms with E-state index >= 15 is 0 Å². The summed E-state index contributed by atoms with van der Waals surface area (Å²) in [7, 11) is 1.65. The molecule has 0 bridgehead atoms. The van der Waals surface area contributed by atoms with E-state index in [9.17, 15) is 14.4 Å². The highest BCUT2D eigenvalue weighted by molar-refractivity contribution is 6.34. The quantitative estimate of drug-likeness (QED) is 0.399. The van der Waals surface area contributed by atoms with Crippen molar-refractivity contribution in [2.24, 2.45) is 0 Å². The van der Waals surface area contributed by atoms with Crippen LogP contribution in [0.2, 0.25) is 0 Å². The van der Waals surface area contributed by atoms with Crippen LogP contribution in [0.25, 0.3) is 5.70 Å². The highest BCUT2D eigenvalue weighted by atomic mass is 16.5. The lowest BCUT2D eigenvalue weighted by molar-refractivity contribution is -0.158. The molecule has 2 aromatic carbocycles. The summed E-state index contributed by atoms with van der Waals surface area (Å²) < 4.78 is 10.5. The molecule has 30 heavy (non-hydrogen) atoms. The van der Waals surface area contributed by atoms with Gasteiger partial charge in [0, 0.05) is 13.5 Å². The van der Waals surface area contributed by atoms with Gasteiger partial charge in [-0.1, -0.05) is 60.7 Å². The minimum atomic E-state index is -1.69.